The quantitative estimate of drug-likeness (QED) is 0.853. The van der Waals surface area contributed by atoms with Gasteiger partial charge in [0.2, 0.25) is 0 Å². The molecule has 22 heavy (non-hydrogen) atoms. The van der Waals surface area contributed by atoms with Crippen molar-refractivity contribution < 1.29 is 22.7 Å². The van der Waals surface area contributed by atoms with Gasteiger partial charge >= 0.3 is 6.18 Å². The van der Waals surface area contributed by atoms with E-state index in [0.717, 1.165) is 12.1 Å². The highest BCUT2D eigenvalue weighted by Gasteiger charge is 2.31. The molecule has 1 aromatic carbocycles. The zero-order valence-electron chi connectivity index (χ0n) is 11.2. The lowest BCUT2D eigenvalue weighted by molar-refractivity contribution is -0.137. The molecule has 0 amide bonds. The molecule has 2 rings (SSSR count). The molecule has 0 saturated carbocycles. The van der Waals surface area contributed by atoms with Gasteiger partial charge < -0.3 is 15.3 Å². The minimum atomic E-state index is -4.44. The topological polar surface area (TPSA) is 59.4 Å². The highest BCUT2D eigenvalue weighted by molar-refractivity contribution is 6.33. The van der Waals surface area contributed by atoms with Gasteiger partial charge in [0.15, 0.2) is 0 Å². The molecule has 0 aliphatic heterocycles. The van der Waals surface area contributed by atoms with Crippen molar-refractivity contribution in [2.75, 3.05) is 6.61 Å². The van der Waals surface area contributed by atoms with Crippen LogP contribution in [0.5, 0.6) is 0 Å². The van der Waals surface area contributed by atoms with E-state index in [1.165, 1.54) is 6.07 Å². The third-order valence-corrected chi connectivity index (χ3v) is 3.31. The van der Waals surface area contributed by atoms with Gasteiger partial charge in [0.1, 0.15) is 11.5 Å². The smallest absolute Gasteiger partial charge is 0.416 e. The molecule has 0 bridgehead atoms. The monoisotopic (exact) mass is 355 g/mol. The maximum Gasteiger partial charge on any atom is 0.416 e. The van der Waals surface area contributed by atoms with Crippen molar-refractivity contribution in [3.63, 3.8) is 0 Å². The number of furan rings is 1. The number of nitrogens with two attached hydrogens (primary N) is 1. The third kappa shape index (κ3) is 4.16. The number of rotatable bonds is 4. The maximum atomic E-state index is 12.6. The minimum absolute atomic E-state index is 0. The van der Waals surface area contributed by atoms with Gasteiger partial charge in [0.25, 0.3) is 0 Å². The molecule has 8 heteroatoms. The van der Waals surface area contributed by atoms with Crippen molar-refractivity contribution in [3.8, 4) is 11.3 Å². The van der Waals surface area contributed by atoms with Gasteiger partial charge in [0, 0.05) is 12.2 Å². The van der Waals surface area contributed by atoms with Gasteiger partial charge in [-0.05, 0) is 36.8 Å². The Labute approximate surface area is 136 Å². The van der Waals surface area contributed by atoms with Crippen LogP contribution in [0.3, 0.4) is 0 Å². The Morgan fingerprint density at radius 1 is 1.23 bits per heavy atom. The van der Waals surface area contributed by atoms with E-state index in [9.17, 15) is 13.2 Å². The zero-order valence-corrected chi connectivity index (χ0v) is 12.8. The summed E-state index contributed by atoms with van der Waals surface area (Å²) in [4.78, 5) is 0. The lowest BCUT2D eigenvalue weighted by Gasteiger charge is -2.09. The first kappa shape index (κ1) is 18.8. The van der Waals surface area contributed by atoms with Crippen LogP contribution in [0.25, 0.3) is 11.3 Å². The Hall–Kier alpha value is -1.21. The van der Waals surface area contributed by atoms with Crippen molar-refractivity contribution in [3.05, 3.63) is 46.7 Å². The summed E-state index contributed by atoms with van der Waals surface area (Å²) in [6.07, 6.45) is -4.12. The molecule has 2 aromatic rings. The van der Waals surface area contributed by atoms with E-state index in [1.54, 1.807) is 12.1 Å². The molecule has 1 heterocycles. The molecule has 3 nitrogen and oxygen atoms in total. The lowest BCUT2D eigenvalue weighted by atomic mass is 10.1. The summed E-state index contributed by atoms with van der Waals surface area (Å²) in [5.74, 6) is 0.770. The number of benzene rings is 1. The van der Waals surface area contributed by atoms with Gasteiger partial charge in [-0.15, -0.1) is 12.4 Å². The first-order chi connectivity index (χ1) is 9.82. The van der Waals surface area contributed by atoms with Gasteiger partial charge in [-0.3, -0.25) is 0 Å². The number of alkyl halides is 3. The number of hydrogen-bond acceptors (Lipinski definition) is 3. The van der Waals surface area contributed by atoms with Crippen molar-refractivity contribution in [1.82, 2.24) is 0 Å². The third-order valence-electron chi connectivity index (χ3n) is 2.99. The van der Waals surface area contributed by atoms with Crippen molar-refractivity contribution in [2.45, 2.75) is 18.6 Å². The van der Waals surface area contributed by atoms with Crippen LogP contribution in [-0.4, -0.2) is 11.7 Å². The second kappa shape index (κ2) is 7.37. The summed E-state index contributed by atoms with van der Waals surface area (Å²) in [7, 11) is 0. The SMILES string of the molecule is Cl.NC(CCO)c1ccc(-c2ccc(C(F)(F)F)cc2Cl)o1. The molecule has 0 aliphatic rings. The van der Waals surface area contributed by atoms with Crippen LogP contribution in [0.4, 0.5) is 13.2 Å². The van der Waals surface area contributed by atoms with Crippen LogP contribution in [-0.2, 0) is 6.18 Å². The number of hydrogen-bond donors (Lipinski definition) is 2. The maximum absolute atomic E-state index is 12.6. The normalized spacial score (nSPS) is 12.8. The molecular weight excluding hydrogens is 342 g/mol. The predicted octanol–water partition coefficient (Wildman–Crippen LogP) is 4.42. The van der Waals surface area contributed by atoms with Crippen LogP contribution >= 0.6 is 24.0 Å². The molecule has 1 atom stereocenters. The predicted molar refractivity (Wildman–Crippen MR) is 80.0 cm³/mol. The van der Waals surface area contributed by atoms with Gasteiger partial charge in [-0.25, -0.2) is 0 Å². The largest absolute Gasteiger partial charge is 0.459 e. The fraction of sp³-hybridized carbons (Fsp3) is 0.286. The van der Waals surface area contributed by atoms with Crippen LogP contribution in [0.2, 0.25) is 5.02 Å². The molecule has 0 spiro atoms. The van der Waals surface area contributed by atoms with Crippen molar-refractivity contribution in [1.29, 1.82) is 0 Å². The Kier molecular flexibility index (Phi) is 6.31. The fourth-order valence-corrected chi connectivity index (χ4v) is 2.14. The standard InChI is InChI=1S/C14H13ClF3NO2.ClH/c15-10-7-8(14(16,17)18)1-2-9(10)12-3-4-13(21-12)11(19)5-6-20;/h1-4,7,11,20H,5-6,19H2;1H. The van der Waals surface area contributed by atoms with E-state index >= 15 is 0 Å². The fourth-order valence-electron chi connectivity index (χ4n) is 1.87. The first-order valence-electron chi connectivity index (χ1n) is 6.16. The summed E-state index contributed by atoms with van der Waals surface area (Å²) in [6.45, 7) is -0.0851. The Bertz CT molecular complexity index is 629. The van der Waals surface area contributed by atoms with E-state index in [1.807, 2.05) is 0 Å². The van der Waals surface area contributed by atoms with Crippen LogP contribution < -0.4 is 5.73 Å². The zero-order chi connectivity index (χ0) is 15.6. The number of halogens is 5. The molecule has 0 aliphatic carbocycles. The number of aliphatic hydroxyl groups is 1. The molecule has 3 N–H and O–H groups in total. The highest BCUT2D eigenvalue weighted by Crippen LogP contribution is 2.36. The summed E-state index contributed by atoms with van der Waals surface area (Å²) in [6, 6.07) is 5.77. The van der Waals surface area contributed by atoms with E-state index in [4.69, 9.17) is 26.9 Å². The Morgan fingerprint density at radius 3 is 2.45 bits per heavy atom. The van der Waals surface area contributed by atoms with Gasteiger partial charge in [-0.2, -0.15) is 13.2 Å². The minimum Gasteiger partial charge on any atom is -0.459 e. The van der Waals surface area contributed by atoms with Crippen molar-refractivity contribution in [2.24, 2.45) is 5.73 Å². The van der Waals surface area contributed by atoms with Crippen LogP contribution in [0.15, 0.2) is 34.7 Å². The molecule has 1 aromatic heterocycles. The Balaban J connectivity index is 0.00000242. The lowest BCUT2D eigenvalue weighted by Crippen LogP contribution is -2.10. The second-order valence-electron chi connectivity index (χ2n) is 4.51. The first-order valence-corrected chi connectivity index (χ1v) is 6.54. The Morgan fingerprint density at radius 2 is 1.91 bits per heavy atom. The molecular formula is C14H14Cl2F3NO2. The summed E-state index contributed by atoms with van der Waals surface area (Å²) < 4.78 is 43.2. The number of aliphatic hydroxyl groups excluding tert-OH is 1. The molecule has 0 radical (unpaired) electrons. The molecule has 122 valence electrons. The average Bonchev–Trinajstić information content (AvgIpc) is 2.87. The summed E-state index contributed by atoms with van der Waals surface area (Å²) >= 11 is 5.89. The van der Waals surface area contributed by atoms with E-state index in [0.29, 0.717) is 23.5 Å². The van der Waals surface area contributed by atoms with Gasteiger partial charge in [-0.1, -0.05) is 11.6 Å². The summed E-state index contributed by atoms with van der Waals surface area (Å²) in [5.41, 5.74) is 5.32. The van der Waals surface area contributed by atoms with E-state index in [2.05, 4.69) is 0 Å². The molecule has 0 saturated heterocycles. The van der Waals surface area contributed by atoms with Crippen LogP contribution in [0.1, 0.15) is 23.8 Å². The second-order valence-corrected chi connectivity index (χ2v) is 4.92. The molecule has 1 unspecified atom stereocenters. The average molecular weight is 356 g/mol. The summed E-state index contributed by atoms with van der Waals surface area (Å²) in [5, 5.41) is 8.77. The van der Waals surface area contributed by atoms with Gasteiger partial charge in [0.05, 0.1) is 16.6 Å². The van der Waals surface area contributed by atoms with E-state index < -0.39 is 17.8 Å². The van der Waals surface area contributed by atoms with E-state index in [-0.39, 0.29) is 24.0 Å². The highest BCUT2D eigenvalue weighted by atomic mass is 35.5. The molecule has 0 fully saturated rings. The van der Waals surface area contributed by atoms with Crippen LogP contribution in [0, 0.1) is 0 Å². The van der Waals surface area contributed by atoms with Crippen molar-refractivity contribution >= 4 is 24.0 Å².